The van der Waals surface area contributed by atoms with Gasteiger partial charge in [-0.25, -0.2) is 0 Å². The molecular formula is C45H53N7O5S2. The van der Waals surface area contributed by atoms with Gasteiger partial charge in [0.05, 0.1) is 0 Å². The summed E-state index contributed by atoms with van der Waals surface area (Å²) in [4.78, 5) is 69.8. The first kappa shape index (κ1) is 43.2. The van der Waals surface area contributed by atoms with Crippen molar-refractivity contribution in [2.24, 2.45) is 17.4 Å². The molecule has 3 aromatic carbocycles. The molecule has 2 aromatic heterocycles. The summed E-state index contributed by atoms with van der Waals surface area (Å²) in [5.74, 6) is -2.81. The van der Waals surface area contributed by atoms with Gasteiger partial charge in [-0.3, -0.25) is 24.0 Å². The van der Waals surface area contributed by atoms with Gasteiger partial charge in [0.15, 0.2) is 0 Å². The summed E-state index contributed by atoms with van der Waals surface area (Å²) in [6.07, 6.45) is 3.33. The van der Waals surface area contributed by atoms with Gasteiger partial charge in [0, 0.05) is 34.8 Å². The fourth-order valence-corrected chi connectivity index (χ4v) is 9.07. The van der Waals surface area contributed by atoms with Gasteiger partial charge in [-0.15, -0.1) is 11.3 Å². The molecule has 310 valence electrons. The lowest BCUT2D eigenvalue weighted by Crippen LogP contribution is -2.59. The summed E-state index contributed by atoms with van der Waals surface area (Å²) in [6, 6.07) is 25.4. The van der Waals surface area contributed by atoms with E-state index in [1.54, 1.807) is 0 Å². The molecule has 0 spiro atoms. The first-order chi connectivity index (χ1) is 28.7. The van der Waals surface area contributed by atoms with Crippen molar-refractivity contribution in [2.75, 3.05) is 19.6 Å². The lowest BCUT2D eigenvalue weighted by Gasteiger charge is -2.28. The quantitative estimate of drug-likeness (QED) is 0.0570. The number of hydrogen-bond acceptors (Lipinski definition) is 9. The summed E-state index contributed by atoms with van der Waals surface area (Å²) in [5, 5.41) is 19.7. The minimum absolute atomic E-state index is 0.132. The normalized spacial score (nSPS) is 15.1. The molecule has 5 aromatic rings. The van der Waals surface area contributed by atoms with E-state index < -0.39 is 47.8 Å². The van der Waals surface area contributed by atoms with Crippen molar-refractivity contribution in [3.63, 3.8) is 0 Å². The molecule has 4 atom stereocenters. The largest absolute Gasteiger partial charge is 0.368 e. The highest BCUT2D eigenvalue weighted by Gasteiger charge is 2.33. The minimum Gasteiger partial charge on any atom is -0.368 e. The van der Waals surface area contributed by atoms with E-state index in [0.717, 1.165) is 37.2 Å². The second kappa shape index (κ2) is 21.6. The molecule has 0 saturated carbocycles. The van der Waals surface area contributed by atoms with Gasteiger partial charge in [-0.05, 0) is 108 Å². The SMILES string of the molecule is NCCCC[C@H](NC(=O)[C@H](Cc1ccsc1)NC(=O)[C@@H](Cc1cc2ccccc2s1)NC(=O)[C@@H](Cc1ccc(-c2ccccc2)cc1)NC(=O)C1CCNCC1)C(N)=O. The number of hydrogen-bond donors (Lipinski definition) is 7. The van der Waals surface area contributed by atoms with Crippen LogP contribution in [0.1, 0.15) is 48.1 Å². The second-order valence-corrected chi connectivity index (χ2v) is 17.0. The van der Waals surface area contributed by atoms with Crippen LogP contribution in [0.3, 0.4) is 0 Å². The monoisotopic (exact) mass is 835 g/mol. The lowest BCUT2D eigenvalue weighted by atomic mass is 9.95. The maximum Gasteiger partial charge on any atom is 0.243 e. The van der Waals surface area contributed by atoms with E-state index in [4.69, 9.17) is 11.5 Å². The average Bonchev–Trinajstić information content (AvgIpc) is 3.93. The van der Waals surface area contributed by atoms with Crippen LogP contribution < -0.4 is 38.1 Å². The smallest absolute Gasteiger partial charge is 0.243 e. The predicted octanol–water partition coefficient (Wildman–Crippen LogP) is 4.21. The Morgan fingerprint density at radius 1 is 0.678 bits per heavy atom. The molecule has 59 heavy (non-hydrogen) atoms. The molecule has 1 aliphatic rings. The molecule has 0 radical (unpaired) electrons. The number of piperidine rings is 1. The fraction of sp³-hybridized carbons (Fsp3) is 0.356. The van der Waals surface area contributed by atoms with E-state index in [9.17, 15) is 24.0 Å². The zero-order valence-electron chi connectivity index (χ0n) is 33.0. The summed E-state index contributed by atoms with van der Waals surface area (Å²) in [6.45, 7) is 1.86. The van der Waals surface area contributed by atoms with E-state index in [1.165, 1.54) is 22.7 Å². The van der Waals surface area contributed by atoms with Crippen molar-refractivity contribution in [3.8, 4) is 11.1 Å². The lowest BCUT2D eigenvalue weighted by molar-refractivity contribution is -0.135. The topological polar surface area (TPSA) is 198 Å². The Bertz CT molecular complexity index is 2120. The summed E-state index contributed by atoms with van der Waals surface area (Å²) < 4.78 is 1.03. The maximum atomic E-state index is 14.5. The molecule has 1 saturated heterocycles. The molecule has 6 rings (SSSR count). The number of nitrogens with one attached hydrogen (secondary N) is 5. The average molecular weight is 836 g/mol. The van der Waals surface area contributed by atoms with E-state index in [-0.39, 0.29) is 31.1 Å². The molecular weight excluding hydrogens is 783 g/mol. The minimum atomic E-state index is -1.12. The molecule has 0 unspecified atom stereocenters. The zero-order valence-corrected chi connectivity index (χ0v) is 34.6. The molecule has 12 nitrogen and oxygen atoms in total. The first-order valence-electron chi connectivity index (χ1n) is 20.2. The van der Waals surface area contributed by atoms with Crippen molar-refractivity contribution in [2.45, 2.75) is 75.5 Å². The van der Waals surface area contributed by atoms with E-state index in [0.29, 0.717) is 51.7 Å². The molecule has 1 aliphatic heterocycles. The van der Waals surface area contributed by atoms with Crippen LogP contribution in [0.25, 0.3) is 21.2 Å². The number of benzene rings is 3. The van der Waals surface area contributed by atoms with Crippen molar-refractivity contribution in [1.82, 2.24) is 26.6 Å². The predicted molar refractivity (Wildman–Crippen MR) is 235 cm³/mol. The Balaban J connectivity index is 1.26. The van der Waals surface area contributed by atoms with Crippen LogP contribution in [-0.4, -0.2) is 73.3 Å². The molecule has 5 amide bonds. The summed E-state index contributed by atoms with van der Waals surface area (Å²) in [7, 11) is 0. The summed E-state index contributed by atoms with van der Waals surface area (Å²) >= 11 is 2.97. The van der Waals surface area contributed by atoms with Crippen LogP contribution in [-0.2, 0) is 43.2 Å². The molecule has 0 aliphatic carbocycles. The van der Waals surface area contributed by atoms with Crippen LogP contribution in [0.15, 0.2) is 102 Å². The van der Waals surface area contributed by atoms with Crippen LogP contribution in [0.2, 0.25) is 0 Å². The van der Waals surface area contributed by atoms with Crippen LogP contribution >= 0.6 is 22.7 Å². The Labute approximate surface area is 352 Å². The van der Waals surface area contributed by atoms with Crippen LogP contribution in [0.5, 0.6) is 0 Å². The Morgan fingerprint density at radius 3 is 1.93 bits per heavy atom. The third-order valence-electron chi connectivity index (χ3n) is 10.6. The second-order valence-electron chi connectivity index (χ2n) is 15.0. The third kappa shape index (κ3) is 12.5. The highest BCUT2D eigenvalue weighted by molar-refractivity contribution is 7.19. The molecule has 1 fully saturated rings. The van der Waals surface area contributed by atoms with Gasteiger partial charge in [0.2, 0.25) is 29.5 Å². The Hall–Kier alpha value is -5.41. The van der Waals surface area contributed by atoms with Crippen LogP contribution in [0, 0.1) is 5.92 Å². The van der Waals surface area contributed by atoms with Gasteiger partial charge in [0.25, 0.3) is 0 Å². The number of carbonyl (C=O) groups is 5. The van der Waals surface area contributed by atoms with Gasteiger partial charge < -0.3 is 38.1 Å². The van der Waals surface area contributed by atoms with Gasteiger partial charge in [-0.2, -0.15) is 11.3 Å². The van der Waals surface area contributed by atoms with E-state index >= 15 is 0 Å². The zero-order chi connectivity index (χ0) is 41.6. The van der Waals surface area contributed by atoms with E-state index in [2.05, 4.69) is 26.6 Å². The number of carbonyl (C=O) groups excluding carboxylic acids is 5. The van der Waals surface area contributed by atoms with Crippen LogP contribution in [0.4, 0.5) is 0 Å². The highest BCUT2D eigenvalue weighted by atomic mass is 32.1. The number of rotatable bonds is 20. The van der Waals surface area contributed by atoms with E-state index in [1.807, 2.05) is 102 Å². The standard InChI is InChI=1S/C45H53N7O5S2/c46-20-7-6-11-36(41(47)53)49-43(55)38(25-30-19-23-58-28-30)51-45(57)39(27-35-26-34-10-4-5-12-40(34)59-35)52-44(56)37(50-42(54)33-17-21-48-22-18-33)24-29-13-15-32(16-14-29)31-8-2-1-3-9-31/h1-5,8-10,12-16,19,23,26,28,33,36-39,48H,6-7,11,17-18,20-22,24-25,27,46H2,(H2,47,53)(H,49,55)(H,50,54)(H,51,57)(H,52,56)/t36-,37+,38-,39+/m0/s1. The third-order valence-corrected chi connectivity index (χ3v) is 12.5. The molecule has 14 heteroatoms. The highest BCUT2D eigenvalue weighted by Crippen LogP contribution is 2.27. The number of primary amides is 1. The number of amides is 5. The molecule has 0 bridgehead atoms. The van der Waals surface area contributed by atoms with Crippen molar-refractivity contribution in [1.29, 1.82) is 0 Å². The molecule has 9 N–H and O–H groups in total. The number of unbranched alkanes of at least 4 members (excludes halogenated alkanes) is 1. The van der Waals surface area contributed by atoms with Crippen molar-refractivity contribution >= 4 is 62.3 Å². The molecule has 3 heterocycles. The fourth-order valence-electron chi connectivity index (χ4n) is 7.28. The maximum absolute atomic E-state index is 14.5. The number of fused-ring (bicyclic) bond motifs is 1. The number of thiophene rings is 2. The van der Waals surface area contributed by atoms with Gasteiger partial charge in [0.1, 0.15) is 24.2 Å². The first-order valence-corrected chi connectivity index (χ1v) is 22.0. The Morgan fingerprint density at radius 2 is 1.29 bits per heavy atom. The Kier molecular flexibility index (Phi) is 15.8. The van der Waals surface area contributed by atoms with Gasteiger partial charge >= 0.3 is 0 Å². The summed E-state index contributed by atoms with van der Waals surface area (Å²) in [5.41, 5.74) is 15.1. The van der Waals surface area contributed by atoms with Crippen molar-refractivity contribution in [3.05, 3.63) is 118 Å². The van der Waals surface area contributed by atoms with Gasteiger partial charge in [-0.1, -0.05) is 72.8 Å². The van der Waals surface area contributed by atoms with Crippen molar-refractivity contribution < 1.29 is 24.0 Å². The number of nitrogens with two attached hydrogens (primary N) is 2.